The molecule has 0 radical (unpaired) electrons. The molecule has 0 spiro atoms. The number of imidazole rings is 1. The maximum Gasteiger partial charge on any atom is 0.253 e. The normalized spacial score (nSPS) is 16.6. The first-order chi connectivity index (χ1) is 14.2. The molecule has 1 amide bonds. The van der Waals surface area contributed by atoms with Crippen LogP contribution in [0.5, 0.6) is 0 Å². The summed E-state index contributed by atoms with van der Waals surface area (Å²) in [7, 11) is 0. The van der Waals surface area contributed by atoms with Gasteiger partial charge in [-0.25, -0.2) is 9.97 Å². The predicted molar refractivity (Wildman–Crippen MR) is 111 cm³/mol. The lowest BCUT2D eigenvalue weighted by Gasteiger charge is -2.18. The van der Waals surface area contributed by atoms with Crippen LogP contribution in [-0.2, 0) is 6.42 Å². The molecule has 0 bridgehead atoms. The Bertz CT molecular complexity index is 1150. The molecule has 1 atom stereocenters. The number of hydrogen-bond donors (Lipinski definition) is 0. The minimum Gasteiger partial charge on any atom is -0.461 e. The number of fused-ring (bicyclic) bond motifs is 1. The lowest BCUT2D eigenvalue weighted by Crippen LogP contribution is -2.29. The van der Waals surface area contributed by atoms with Gasteiger partial charge in [-0.15, -0.1) is 0 Å². The summed E-state index contributed by atoms with van der Waals surface area (Å²) in [5.41, 5.74) is 3.63. The first-order valence-electron chi connectivity index (χ1n) is 9.99. The molecule has 5 rings (SSSR count). The standard InChI is InChI=1S/C23H22N4O2/c1-2-16-7-9-17(10-8-16)23(28)26-13-11-18(15-26)27-21-19(5-3-12-24-21)25-22(27)20-6-4-14-29-20/h3-10,12,14,18H,2,11,13,15H2,1H3. The number of hydrogen-bond acceptors (Lipinski definition) is 4. The summed E-state index contributed by atoms with van der Waals surface area (Å²) in [4.78, 5) is 24.2. The quantitative estimate of drug-likeness (QED) is 0.523. The molecular weight excluding hydrogens is 364 g/mol. The molecule has 4 aromatic rings. The molecule has 1 aliphatic rings. The average molecular weight is 386 g/mol. The van der Waals surface area contributed by atoms with Crippen LogP contribution < -0.4 is 0 Å². The highest BCUT2D eigenvalue weighted by atomic mass is 16.3. The van der Waals surface area contributed by atoms with E-state index in [0.717, 1.165) is 35.4 Å². The first kappa shape index (κ1) is 17.7. The van der Waals surface area contributed by atoms with Crippen LogP contribution in [-0.4, -0.2) is 38.4 Å². The highest BCUT2D eigenvalue weighted by molar-refractivity contribution is 5.94. The minimum atomic E-state index is 0.0760. The summed E-state index contributed by atoms with van der Waals surface area (Å²) < 4.78 is 7.75. The van der Waals surface area contributed by atoms with Gasteiger partial charge >= 0.3 is 0 Å². The van der Waals surface area contributed by atoms with Gasteiger partial charge in [0.05, 0.1) is 12.3 Å². The SMILES string of the molecule is CCc1ccc(C(=O)N2CCC(n3c(-c4ccco4)nc4cccnc43)C2)cc1. The Morgan fingerprint density at radius 1 is 1.17 bits per heavy atom. The number of likely N-dealkylation sites (tertiary alicyclic amines) is 1. The minimum absolute atomic E-state index is 0.0760. The van der Waals surface area contributed by atoms with Crippen molar-refractivity contribution in [2.24, 2.45) is 0 Å². The van der Waals surface area contributed by atoms with Gasteiger partial charge in [-0.3, -0.25) is 4.79 Å². The van der Waals surface area contributed by atoms with Crippen LogP contribution in [0.2, 0.25) is 0 Å². The van der Waals surface area contributed by atoms with Gasteiger partial charge in [-0.2, -0.15) is 0 Å². The van der Waals surface area contributed by atoms with Crippen molar-refractivity contribution in [3.05, 3.63) is 72.1 Å². The molecule has 0 N–H and O–H groups in total. The van der Waals surface area contributed by atoms with Gasteiger partial charge in [0.2, 0.25) is 0 Å². The Morgan fingerprint density at radius 3 is 2.79 bits per heavy atom. The van der Waals surface area contributed by atoms with E-state index in [-0.39, 0.29) is 11.9 Å². The predicted octanol–water partition coefficient (Wildman–Crippen LogP) is 4.34. The Kier molecular flexibility index (Phi) is 4.39. The molecule has 146 valence electrons. The smallest absolute Gasteiger partial charge is 0.253 e. The van der Waals surface area contributed by atoms with E-state index >= 15 is 0 Å². The zero-order valence-corrected chi connectivity index (χ0v) is 16.3. The second-order valence-electron chi connectivity index (χ2n) is 7.37. The molecule has 0 saturated carbocycles. The van der Waals surface area contributed by atoms with E-state index in [9.17, 15) is 4.79 Å². The van der Waals surface area contributed by atoms with Crippen molar-refractivity contribution in [2.75, 3.05) is 13.1 Å². The van der Waals surface area contributed by atoms with Gasteiger partial charge in [-0.1, -0.05) is 19.1 Å². The van der Waals surface area contributed by atoms with Crippen molar-refractivity contribution in [2.45, 2.75) is 25.8 Å². The summed E-state index contributed by atoms with van der Waals surface area (Å²) in [5, 5.41) is 0. The number of carbonyl (C=O) groups excluding carboxylic acids is 1. The monoisotopic (exact) mass is 386 g/mol. The van der Waals surface area contributed by atoms with Gasteiger partial charge in [-0.05, 0) is 54.8 Å². The maximum atomic E-state index is 13.0. The number of nitrogens with zero attached hydrogens (tertiary/aromatic N) is 4. The second-order valence-corrected chi connectivity index (χ2v) is 7.37. The van der Waals surface area contributed by atoms with Gasteiger partial charge in [0.15, 0.2) is 17.2 Å². The number of rotatable bonds is 4. The second kappa shape index (κ2) is 7.20. The van der Waals surface area contributed by atoms with Crippen molar-refractivity contribution in [3.63, 3.8) is 0 Å². The first-order valence-corrected chi connectivity index (χ1v) is 9.99. The van der Waals surface area contributed by atoms with Crippen molar-refractivity contribution >= 4 is 17.1 Å². The lowest BCUT2D eigenvalue weighted by molar-refractivity contribution is 0.0788. The molecule has 1 unspecified atom stereocenters. The number of aromatic nitrogens is 3. The molecule has 6 heteroatoms. The van der Waals surface area contributed by atoms with Crippen molar-refractivity contribution in [1.82, 2.24) is 19.4 Å². The lowest BCUT2D eigenvalue weighted by atomic mass is 10.1. The third-order valence-corrected chi connectivity index (χ3v) is 5.62. The molecule has 1 aromatic carbocycles. The van der Waals surface area contributed by atoms with E-state index in [1.54, 1.807) is 12.5 Å². The molecular formula is C23H22N4O2. The average Bonchev–Trinajstić information content (AvgIpc) is 3.52. The van der Waals surface area contributed by atoms with E-state index in [1.165, 1.54) is 5.56 Å². The summed E-state index contributed by atoms with van der Waals surface area (Å²) in [6.07, 6.45) is 5.25. The van der Waals surface area contributed by atoms with E-state index in [2.05, 4.69) is 16.5 Å². The fraction of sp³-hybridized carbons (Fsp3) is 0.261. The number of aryl methyl sites for hydroxylation is 1. The van der Waals surface area contributed by atoms with Crippen LogP contribution in [0.25, 0.3) is 22.7 Å². The van der Waals surface area contributed by atoms with Gasteiger partial charge in [0.1, 0.15) is 5.52 Å². The molecule has 3 aromatic heterocycles. The Balaban J connectivity index is 1.46. The van der Waals surface area contributed by atoms with Crippen LogP contribution in [0.1, 0.15) is 35.3 Å². The number of amides is 1. The Hall–Kier alpha value is -3.41. The van der Waals surface area contributed by atoms with Crippen molar-refractivity contribution in [3.8, 4) is 11.6 Å². The summed E-state index contributed by atoms with van der Waals surface area (Å²) in [6.45, 7) is 3.45. The summed E-state index contributed by atoms with van der Waals surface area (Å²) in [5.74, 6) is 1.55. The van der Waals surface area contributed by atoms with Gasteiger partial charge in [0.25, 0.3) is 5.91 Å². The topological polar surface area (TPSA) is 64.2 Å². The molecule has 29 heavy (non-hydrogen) atoms. The van der Waals surface area contributed by atoms with E-state index in [1.807, 2.05) is 53.4 Å². The Labute approximate surface area is 168 Å². The molecule has 1 saturated heterocycles. The molecule has 1 aliphatic heterocycles. The largest absolute Gasteiger partial charge is 0.461 e. The van der Waals surface area contributed by atoms with Gasteiger partial charge in [0, 0.05) is 24.8 Å². The fourth-order valence-corrected chi connectivity index (χ4v) is 4.06. The van der Waals surface area contributed by atoms with E-state index < -0.39 is 0 Å². The van der Waals surface area contributed by atoms with Gasteiger partial charge < -0.3 is 13.9 Å². The van der Waals surface area contributed by atoms with Crippen LogP contribution >= 0.6 is 0 Å². The van der Waals surface area contributed by atoms with Crippen LogP contribution in [0.15, 0.2) is 65.4 Å². The fourth-order valence-electron chi connectivity index (χ4n) is 4.06. The highest BCUT2D eigenvalue weighted by Gasteiger charge is 2.31. The third-order valence-electron chi connectivity index (χ3n) is 5.62. The molecule has 4 heterocycles. The summed E-state index contributed by atoms with van der Waals surface area (Å²) >= 11 is 0. The van der Waals surface area contributed by atoms with E-state index in [4.69, 9.17) is 9.40 Å². The zero-order chi connectivity index (χ0) is 19.8. The summed E-state index contributed by atoms with van der Waals surface area (Å²) in [6, 6.07) is 15.6. The number of carbonyl (C=O) groups is 1. The maximum absolute atomic E-state index is 13.0. The van der Waals surface area contributed by atoms with Crippen LogP contribution in [0.4, 0.5) is 0 Å². The number of pyridine rings is 1. The number of furan rings is 1. The zero-order valence-electron chi connectivity index (χ0n) is 16.3. The molecule has 0 aliphatic carbocycles. The van der Waals surface area contributed by atoms with Crippen LogP contribution in [0.3, 0.4) is 0 Å². The van der Waals surface area contributed by atoms with Crippen LogP contribution in [0, 0.1) is 0 Å². The Morgan fingerprint density at radius 2 is 2.03 bits per heavy atom. The molecule has 6 nitrogen and oxygen atoms in total. The number of benzene rings is 1. The highest BCUT2D eigenvalue weighted by Crippen LogP contribution is 2.32. The third kappa shape index (κ3) is 3.10. The van der Waals surface area contributed by atoms with E-state index in [0.29, 0.717) is 18.8 Å². The van der Waals surface area contributed by atoms with Crippen molar-refractivity contribution in [1.29, 1.82) is 0 Å². The molecule has 1 fully saturated rings. The van der Waals surface area contributed by atoms with Crippen molar-refractivity contribution < 1.29 is 9.21 Å².